The Morgan fingerprint density at radius 3 is 2.84 bits per heavy atom. The summed E-state index contributed by atoms with van der Waals surface area (Å²) in [5.41, 5.74) is 7.99. The summed E-state index contributed by atoms with van der Waals surface area (Å²) in [5, 5.41) is 0. The van der Waals surface area contributed by atoms with E-state index in [4.69, 9.17) is 15.5 Å². The van der Waals surface area contributed by atoms with Gasteiger partial charge in [0.15, 0.2) is 0 Å². The largest absolute Gasteiger partial charge is 0.497 e. The molecule has 0 radical (unpaired) electrons. The van der Waals surface area contributed by atoms with Gasteiger partial charge in [0, 0.05) is 25.1 Å². The maximum Gasteiger partial charge on any atom is 0.121 e. The number of methoxy groups -OCH3 is 1. The van der Waals surface area contributed by atoms with Crippen LogP contribution in [-0.4, -0.2) is 22.7 Å². The second-order valence-corrected chi connectivity index (χ2v) is 5.00. The Balaban J connectivity index is 2.27. The van der Waals surface area contributed by atoms with Crippen molar-refractivity contribution in [3.05, 3.63) is 24.0 Å². The molecule has 1 atom stereocenters. The number of hydrogen-bond donors (Lipinski definition) is 1. The highest BCUT2D eigenvalue weighted by atomic mass is 16.5. The number of hydrogen-bond acceptors (Lipinski definition) is 3. The van der Waals surface area contributed by atoms with Gasteiger partial charge >= 0.3 is 0 Å². The number of aromatic nitrogens is 2. The van der Waals surface area contributed by atoms with Crippen molar-refractivity contribution in [1.29, 1.82) is 0 Å². The van der Waals surface area contributed by atoms with Gasteiger partial charge in [-0.25, -0.2) is 4.98 Å². The minimum absolute atomic E-state index is 0.263. The zero-order valence-electron chi connectivity index (χ0n) is 12.0. The molecule has 0 saturated heterocycles. The monoisotopic (exact) mass is 261 g/mol. The van der Waals surface area contributed by atoms with Crippen LogP contribution < -0.4 is 10.5 Å². The maximum atomic E-state index is 5.80. The molecule has 0 saturated carbocycles. The number of nitrogens with zero attached hydrogens (tertiary/aromatic N) is 2. The molecule has 2 rings (SSSR count). The van der Waals surface area contributed by atoms with E-state index in [0.29, 0.717) is 0 Å². The molecule has 1 unspecified atom stereocenters. The fourth-order valence-electron chi connectivity index (χ4n) is 2.41. The lowest BCUT2D eigenvalue weighted by Crippen LogP contribution is -2.15. The summed E-state index contributed by atoms with van der Waals surface area (Å²) in [4.78, 5) is 4.73. The molecule has 0 bridgehead atoms. The van der Waals surface area contributed by atoms with Crippen molar-refractivity contribution in [2.45, 2.75) is 45.7 Å². The van der Waals surface area contributed by atoms with Crippen LogP contribution in [-0.2, 0) is 13.0 Å². The summed E-state index contributed by atoms with van der Waals surface area (Å²) in [6.45, 7) is 5.14. The summed E-state index contributed by atoms with van der Waals surface area (Å²) in [7, 11) is 1.68. The summed E-state index contributed by atoms with van der Waals surface area (Å²) >= 11 is 0. The molecule has 19 heavy (non-hydrogen) atoms. The Morgan fingerprint density at radius 1 is 1.42 bits per heavy atom. The van der Waals surface area contributed by atoms with Crippen LogP contribution >= 0.6 is 0 Å². The summed E-state index contributed by atoms with van der Waals surface area (Å²) in [5.74, 6) is 2.00. The molecule has 0 aliphatic rings. The lowest BCUT2D eigenvalue weighted by molar-refractivity contribution is 0.415. The molecular formula is C15H23N3O. The van der Waals surface area contributed by atoms with E-state index >= 15 is 0 Å². The molecule has 1 aromatic heterocycles. The van der Waals surface area contributed by atoms with Crippen LogP contribution in [0.25, 0.3) is 11.0 Å². The number of nitrogens with two attached hydrogens (primary N) is 1. The van der Waals surface area contributed by atoms with Gasteiger partial charge in [0.25, 0.3) is 0 Å². The lowest BCUT2D eigenvalue weighted by Gasteiger charge is -2.07. The first-order chi connectivity index (χ1) is 9.15. The molecule has 1 heterocycles. The molecule has 0 fully saturated rings. The normalized spacial score (nSPS) is 12.8. The lowest BCUT2D eigenvalue weighted by atomic mass is 10.1. The molecule has 4 nitrogen and oxygen atoms in total. The Morgan fingerprint density at radius 2 is 2.21 bits per heavy atom. The molecule has 1 aromatic carbocycles. The summed E-state index contributed by atoms with van der Waals surface area (Å²) in [6, 6.07) is 6.33. The topological polar surface area (TPSA) is 53.1 Å². The minimum Gasteiger partial charge on any atom is -0.497 e. The van der Waals surface area contributed by atoms with E-state index in [1.165, 1.54) is 5.52 Å². The Bertz CT molecular complexity index is 546. The SMILES string of the molecule is CCn1c(CCCC(C)N)nc2cc(OC)ccc21. The van der Waals surface area contributed by atoms with Gasteiger partial charge in [-0.15, -0.1) is 0 Å². The first kappa shape index (κ1) is 13.9. The molecule has 2 aromatic rings. The van der Waals surface area contributed by atoms with E-state index in [1.54, 1.807) is 7.11 Å². The van der Waals surface area contributed by atoms with Gasteiger partial charge in [0.2, 0.25) is 0 Å². The Labute approximate surface area is 114 Å². The number of ether oxygens (including phenoxy) is 1. The van der Waals surface area contributed by atoms with Gasteiger partial charge in [-0.1, -0.05) is 0 Å². The fourth-order valence-corrected chi connectivity index (χ4v) is 2.41. The van der Waals surface area contributed by atoms with Crippen LogP contribution in [0.5, 0.6) is 5.75 Å². The van der Waals surface area contributed by atoms with Crippen molar-refractivity contribution in [1.82, 2.24) is 9.55 Å². The van der Waals surface area contributed by atoms with E-state index < -0.39 is 0 Å². The average molecular weight is 261 g/mol. The molecule has 0 aliphatic heterocycles. The van der Waals surface area contributed by atoms with Gasteiger partial charge in [-0.2, -0.15) is 0 Å². The zero-order valence-corrected chi connectivity index (χ0v) is 12.0. The third kappa shape index (κ3) is 3.07. The van der Waals surface area contributed by atoms with Crippen molar-refractivity contribution in [3.8, 4) is 5.75 Å². The van der Waals surface area contributed by atoms with E-state index in [2.05, 4.69) is 17.6 Å². The van der Waals surface area contributed by atoms with Gasteiger partial charge < -0.3 is 15.0 Å². The third-order valence-corrected chi connectivity index (χ3v) is 3.41. The van der Waals surface area contributed by atoms with Crippen molar-refractivity contribution in [2.75, 3.05) is 7.11 Å². The van der Waals surface area contributed by atoms with Gasteiger partial charge in [-0.3, -0.25) is 0 Å². The maximum absolute atomic E-state index is 5.80. The van der Waals surface area contributed by atoms with Gasteiger partial charge in [-0.05, 0) is 38.8 Å². The van der Waals surface area contributed by atoms with Crippen LogP contribution in [0.3, 0.4) is 0 Å². The standard InChI is InChI=1S/C15H23N3O/c1-4-18-14-9-8-12(19-3)10-13(14)17-15(18)7-5-6-11(2)16/h8-11H,4-7,16H2,1-3H3. The number of fused-ring (bicyclic) bond motifs is 1. The second kappa shape index (κ2) is 6.06. The summed E-state index contributed by atoms with van der Waals surface area (Å²) < 4.78 is 7.53. The molecule has 104 valence electrons. The fraction of sp³-hybridized carbons (Fsp3) is 0.533. The molecule has 4 heteroatoms. The second-order valence-electron chi connectivity index (χ2n) is 5.00. The van der Waals surface area contributed by atoms with Gasteiger partial charge in [0.05, 0.1) is 18.1 Å². The van der Waals surface area contributed by atoms with E-state index in [9.17, 15) is 0 Å². The molecule has 0 amide bonds. The first-order valence-corrected chi connectivity index (χ1v) is 6.94. The van der Waals surface area contributed by atoms with Crippen molar-refractivity contribution >= 4 is 11.0 Å². The zero-order chi connectivity index (χ0) is 13.8. The highest BCUT2D eigenvalue weighted by Crippen LogP contribution is 2.22. The Kier molecular flexibility index (Phi) is 4.43. The highest BCUT2D eigenvalue weighted by Gasteiger charge is 2.10. The van der Waals surface area contributed by atoms with E-state index in [-0.39, 0.29) is 6.04 Å². The van der Waals surface area contributed by atoms with Crippen molar-refractivity contribution in [2.24, 2.45) is 5.73 Å². The quantitative estimate of drug-likeness (QED) is 0.870. The Hall–Kier alpha value is -1.55. The first-order valence-electron chi connectivity index (χ1n) is 6.94. The van der Waals surface area contributed by atoms with Crippen LogP contribution in [0, 0.1) is 0 Å². The van der Waals surface area contributed by atoms with Crippen molar-refractivity contribution < 1.29 is 4.74 Å². The van der Waals surface area contributed by atoms with Crippen LogP contribution in [0.4, 0.5) is 0 Å². The molecule has 0 spiro atoms. The van der Waals surface area contributed by atoms with E-state index in [1.807, 2.05) is 19.1 Å². The number of benzene rings is 1. The predicted octanol–water partition coefficient (Wildman–Crippen LogP) is 2.73. The third-order valence-electron chi connectivity index (χ3n) is 3.41. The van der Waals surface area contributed by atoms with Crippen LogP contribution in [0.15, 0.2) is 18.2 Å². The minimum atomic E-state index is 0.263. The number of rotatable bonds is 6. The smallest absolute Gasteiger partial charge is 0.121 e. The molecular weight excluding hydrogens is 238 g/mol. The van der Waals surface area contributed by atoms with Crippen LogP contribution in [0.1, 0.15) is 32.5 Å². The highest BCUT2D eigenvalue weighted by molar-refractivity contribution is 5.77. The van der Waals surface area contributed by atoms with Gasteiger partial charge in [0.1, 0.15) is 11.6 Å². The predicted molar refractivity (Wildman–Crippen MR) is 78.5 cm³/mol. The number of imidazole rings is 1. The molecule has 0 aliphatic carbocycles. The summed E-state index contributed by atoms with van der Waals surface area (Å²) in [6.07, 6.45) is 3.10. The molecule has 2 N–H and O–H groups in total. The number of aryl methyl sites for hydroxylation is 2. The van der Waals surface area contributed by atoms with E-state index in [0.717, 1.165) is 42.9 Å². The van der Waals surface area contributed by atoms with Crippen LogP contribution in [0.2, 0.25) is 0 Å². The average Bonchev–Trinajstić information content (AvgIpc) is 2.74. The van der Waals surface area contributed by atoms with Crippen molar-refractivity contribution in [3.63, 3.8) is 0 Å².